The van der Waals surface area contributed by atoms with Crippen LogP contribution in [0.1, 0.15) is 19.8 Å². The molecule has 1 aliphatic heterocycles. The van der Waals surface area contributed by atoms with Crippen LogP contribution in [0.4, 0.5) is 0 Å². The average molecular weight is 356 g/mol. The fraction of sp³-hybridized carbons (Fsp3) is 0.818. The normalized spacial score (nSPS) is 18.5. The molecule has 0 radical (unpaired) electrons. The van der Waals surface area contributed by atoms with Gasteiger partial charge in [0.25, 0.3) is 0 Å². The van der Waals surface area contributed by atoms with Crippen LogP contribution in [-0.4, -0.2) is 42.2 Å². The Hall–Kier alpha value is -0.370. The molecule has 2 N–H and O–H groups in total. The maximum absolute atomic E-state index is 11.6. The molecule has 1 atom stereocenters. The molecule has 1 saturated heterocycles. The van der Waals surface area contributed by atoms with Gasteiger partial charge in [-0.15, -0.1) is 0 Å². The molecule has 6 heteroatoms. The lowest BCUT2D eigenvalue weighted by atomic mass is 9.99. The summed E-state index contributed by atoms with van der Waals surface area (Å²) in [6.45, 7) is 4.04. The van der Waals surface area contributed by atoms with Gasteiger partial charge in [0.2, 0.25) is 0 Å². The van der Waals surface area contributed by atoms with Crippen molar-refractivity contribution in [3.05, 3.63) is 0 Å². The predicted molar refractivity (Wildman–Crippen MR) is 69.8 cm³/mol. The van der Waals surface area contributed by atoms with E-state index in [0.717, 1.165) is 25.9 Å². The smallest absolute Gasteiger partial charge is 0.318 e. The van der Waals surface area contributed by atoms with E-state index in [0.29, 0.717) is 0 Å². The first-order valence-electron chi connectivity index (χ1n) is 5.90. The second-order valence-corrected chi connectivity index (χ2v) is 5.96. The summed E-state index contributed by atoms with van der Waals surface area (Å²) in [6, 6.07) is 0. The minimum Gasteiger partial charge on any atom is -0.462 e. The van der Waals surface area contributed by atoms with E-state index < -0.39 is 0 Å². The molecule has 0 spiro atoms. The maximum Gasteiger partial charge on any atom is 0.318 e. The first-order chi connectivity index (χ1) is 8.11. The van der Waals surface area contributed by atoms with Gasteiger partial charge in [-0.05, 0) is 6.92 Å². The lowest BCUT2D eigenvalue weighted by molar-refractivity contribution is -0.664. The Labute approximate surface area is 115 Å². The van der Waals surface area contributed by atoms with Crippen LogP contribution in [-0.2, 0) is 19.1 Å². The number of quaternary nitrogens is 1. The van der Waals surface area contributed by atoms with Crippen molar-refractivity contribution in [2.45, 2.75) is 23.7 Å². The van der Waals surface area contributed by atoms with Crippen LogP contribution in [0.5, 0.6) is 0 Å². The lowest BCUT2D eigenvalue weighted by Gasteiger charge is -2.18. The van der Waals surface area contributed by atoms with E-state index in [-0.39, 0.29) is 35.0 Å². The molecule has 17 heavy (non-hydrogen) atoms. The second-order valence-electron chi connectivity index (χ2n) is 4.09. The van der Waals surface area contributed by atoms with Gasteiger partial charge in [-0.2, -0.15) is 0 Å². The van der Waals surface area contributed by atoms with E-state index in [1.165, 1.54) is 0 Å². The zero-order chi connectivity index (χ0) is 12.7. The standard InChI is InChI=1S/C11H18INO4/c1-8(12)10(14)16-6-7-17-11(15)9-2-4-13-5-3-9/h8-9,13H,2-7H2,1H3/p+1. The van der Waals surface area contributed by atoms with Gasteiger partial charge in [0.1, 0.15) is 17.1 Å². The van der Waals surface area contributed by atoms with Crippen molar-refractivity contribution in [2.24, 2.45) is 5.92 Å². The number of piperidine rings is 1. The second kappa shape index (κ2) is 7.86. The minimum absolute atomic E-state index is 0.0270. The number of carbonyl (C=O) groups excluding carboxylic acids is 2. The predicted octanol–water partition coefficient (Wildman–Crippen LogP) is -0.130. The molecule has 1 aliphatic rings. The highest BCUT2D eigenvalue weighted by Gasteiger charge is 2.24. The van der Waals surface area contributed by atoms with Crippen molar-refractivity contribution < 1.29 is 24.4 Å². The first kappa shape index (κ1) is 14.7. The van der Waals surface area contributed by atoms with Crippen molar-refractivity contribution in [3.8, 4) is 0 Å². The molecule has 1 rings (SSSR count). The van der Waals surface area contributed by atoms with Crippen molar-refractivity contribution in [1.82, 2.24) is 0 Å². The number of alkyl halides is 1. The first-order valence-corrected chi connectivity index (χ1v) is 7.15. The largest absolute Gasteiger partial charge is 0.462 e. The van der Waals surface area contributed by atoms with Crippen LogP contribution < -0.4 is 5.32 Å². The fourth-order valence-electron chi connectivity index (χ4n) is 1.68. The van der Waals surface area contributed by atoms with E-state index in [9.17, 15) is 9.59 Å². The molecule has 0 aromatic carbocycles. The summed E-state index contributed by atoms with van der Waals surface area (Å²) in [4.78, 5) is 22.7. The van der Waals surface area contributed by atoms with Gasteiger partial charge in [-0.3, -0.25) is 9.59 Å². The summed E-state index contributed by atoms with van der Waals surface area (Å²) in [6.07, 6.45) is 1.76. The van der Waals surface area contributed by atoms with Crippen LogP contribution >= 0.6 is 22.6 Å². The van der Waals surface area contributed by atoms with Gasteiger partial charge < -0.3 is 14.8 Å². The molecule has 0 aliphatic carbocycles. The van der Waals surface area contributed by atoms with Gasteiger partial charge in [-0.25, -0.2) is 0 Å². The quantitative estimate of drug-likeness (QED) is 0.323. The van der Waals surface area contributed by atoms with E-state index in [1.807, 2.05) is 22.6 Å². The SMILES string of the molecule is CC(I)C(=O)OCCOC(=O)C1CC[NH2+]CC1. The summed E-state index contributed by atoms with van der Waals surface area (Å²) in [5.41, 5.74) is 0. The van der Waals surface area contributed by atoms with Crippen LogP contribution in [0, 0.1) is 5.92 Å². The van der Waals surface area contributed by atoms with Gasteiger partial charge in [-0.1, -0.05) is 22.6 Å². The highest BCUT2D eigenvalue weighted by Crippen LogP contribution is 2.10. The molecular weight excluding hydrogens is 337 g/mol. The monoisotopic (exact) mass is 356 g/mol. The van der Waals surface area contributed by atoms with E-state index in [4.69, 9.17) is 9.47 Å². The molecule has 0 saturated carbocycles. The molecule has 0 amide bonds. The Balaban J connectivity index is 2.09. The molecule has 0 aromatic heterocycles. The Morgan fingerprint density at radius 2 is 1.88 bits per heavy atom. The molecular formula is C11H19INO4+. The topological polar surface area (TPSA) is 69.2 Å². The van der Waals surface area contributed by atoms with Crippen LogP contribution in [0.15, 0.2) is 0 Å². The summed E-state index contributed by atoms with van der Waals surface area (Å²) < 4.78 is 9.82. The van der Waals surface area contributed by atoms with E-state index >= 15 is 0 Å². The Morgan fingerprint density at radius 1 is 1.29 bits per heavy atom. The average Bonchev–Trinajstić information content (AvgIpc) is 2.35. The van der Waals surface area contributed by atoms with Gasteiger partial charge in [0.15, 0.2) is 0 Å². The summed E-state index contributed by atoms with van der Waals surface area (Å²) >= 11 is 1.98. The Kier molecular flexibility index (Phi) is 6.79. The number of ether oxygens (including phenoxy) is 2. The van der Waals surface area contributed by atoms with Gasteiger partial charge in [0.05, 0.1) is 19.0 Å². The van der Waals surface area contributed by atoms with Gasteiger partial charge >= 0.3 is 11.9 Å². The summed E-state index contributed by atoms with van der Waals surface area (Å²) in [7, 11) is 0. The summed E-state index contributed by atoms with van der Waals surface area (Å²) in [5, 5.41) is 2.20. The summed E-state index contributed by atoms with van der Waals surface area (Å²) in [5.74, 6) is -0.398. The lowest BCUT2D eigenvalue weighted by Crippen LogP contribution is -2.86. The Morgan fingerprint density at radius 3 is 2.47 bits per heavy atom. The maximum atomic E-state index is 11.6. The zero-order valence-electron chi connectivity index (χ0n) is 9.99. The molecule has 0 aromatic rings. The van der Waals surface area contributed by atoms with Crippen molar-refractivity contribution in [3.63, 3.8) is 0 Å². The van der Waals surface area contributed by atoms with E-state index in [2.05, 4.69) is 5.32 Å². The number of carbonyl (C=O) groups is 2. The van der Waals surface area contributed by atoms with Crippen molar-refractivity contribution in [2.75, 3.05) is 26.3 Å². The molecule has 1 heterocycles. The molecule has 98 valence electrons. The number of hydrogen-bond donors (Lipinski definition) is 1. The molecule has 1 fully saturated rings. The van der Waals surface area contributed by atoms with E-state index in [1.54, 1.807) is 6.92 Å². The van der Waals surface area contributed by atoms with Crippen LogP contribution in [0.25, 0.3) is 0 Å². The molecule has 0 bridgehead atoms. The number of rotatable bonds is 5. The van der Waals surface area contributed by atoms with Crippen LogP contribution in [0.2, 0.25) is 0 Å². The highest BCUT2D eigenvalue weighted by atomic mass is 127. The van der Waals surface area contributed by atoms with Gasteiger partial charge in [0, 0.05) is 12.8 Å². The van der Waals surface area contributed by atoms with Crippen molar-refractivity contribution >= 4 is 34.5 Å². The number of esters is 2. The third kappa shape index (κ3) is 5.67. The Bertz CT molecular complexity index is 264. The minimum atomic E-state index is -0.270. The fourth-order valence-corrected chi connectivity index (χ4v) is 1.86. The molecule has 1 unspecified atom stereocenters. The number of hydrogen-bond acceptors (Lipinski definition) is 4. The third-order valence-electron chi connectivity index (χ3n) is 2.67. The van der Waals surface area contributed by atoms with Crippen LogP contribution in [0.3, 0.4) is 0 Å². The third-order valence-corrected chi connectivity index (χ3v) is 3.18. The molecule has 5 nitrogen and oxygen atoms in total. The van der Waals surface area contributed by atoms with Crippen molar-refractivity contribution in [1.29, 1.82) is 0 Å². The zero-order valence-corrected chi connectivity index (χ0v) is 12.1. The number of halogens is 1. The highest BCUT2D eigenvalue weighted by molar-refractivity contribution is 14.1. The number of nitrogens with two attached hydrogens (primary N) is 1.